The number of pyridine rings is 1. The zero-order valence-corrected chi connectivity index (χ0v) is 14.9. The highest BCUT2D eigenvalue weighted by Crippen LogP contribution is 2.35. The fourth-order valence-electron chi connectivity index (χ4n) is 2.21. The number of halogens is 4. The Morgan fingerprint density at radius 3 is 2.65 bits per heavy atom. The van der Waals surface area contributed by atoms with Gasteiger partial charge in [0.15, 0.2) is 0 Å². The molecule has 1 aromatic heterocycles. The van der Waals surface area contributed by atoms with Crippen LogP contribution in [-0.4, -0.2) is 24.2 Å². The van der Waals surface area contributed by atoms with E-state index in [2.05, 4.69) is 10.3 Å². The standard InChI is InChI=1S/C16H16ClFN2O.2ClH/c1-19-16(5-6-16)10-21-13-8-14(15(18)20-9-13)11-3-2-4-12(17)7-11;;/h2-4,7-9,19H,5-6,10H2,1H3;2*1H. The van der Waals surface area contributed by atoms with Crippen LogP contribution in [0, 0.1) is 5.95 Å². The first-order valence-electron chi connectivity index (χ1n) is 6.85. The Morgan fingerprint density at radius 2 is 2.04 bits per heavy atom. The second-order valence-electron chi connectivity index (χ2n) is 5.34. The molecule has 7 heteroatoms. The van der Waals surface area contributed by atoms with Crippen molar-refractivity contribution in [3.05, 3.63) is 47.5 Å². The number of ether oxygens (including phenoxy) is 1. The lowest BCUT2D eigenvalue weighted by Gasteiger charge is -2.15. The van der Waals surface area contributed by atoms with Gasteiger partial charge in [-0.05, 0) is 43.7 Å². The third-order valence-electron chi connectivity index (χ3n) is 3.85. The van der Waals surface area contributed by atoms with Gasteiger partial charge in [0, 0.05) is 10.6 Å². The van der Waals surface area contributed by atoms with E-state index in [1.165, 1.54) is 6.20 Å². The van der Waals surface area contributed by atoms with Crippen molar-refractivity contribution in [3.63, 3.8) is 0 Å². The van der Waals surface area contributed by atoms with Gasteiger partial charge in [-0.15, -0.1) is 24.8 Å². The maximum atomic E-state index is 13.9. The maximum absolute atomic E-state index is 13.9. The van der Waals surface area contributed by atoms with Crippen molar-refractivity contribution in [3.8, 4) is 16.9 Å². The van der Waals surface area contributed by atoms with Crippen molar-refractivity contribution in [2.75, 3.05) is 13.7 Å². The quantitative estimate of drug-likeness (QED) is 0.776. The summed E-state index contributed by atoms with van der Waals surface area (Å²) in [6.45, 7) is 0.561. The zero-order valence-electron chi connectivity index (χ0n) is 12.5. The second kappa shape index (κ2) is 8.15. The number of benzene rings is 1. The first-order chi connectivity index (χ1) is 10.1. The molecular formula is C16H18Cl3FN2O. The summed E-state index contributed by atoms with van der Waals surface area (Å²) in [4.78, 5) is 3.78. The predicted molar refractivity (Wildman–Crippen MR) is 95.7 cm³/mol. The van der Waals surface area contributed by atoms with Gasteiger partial charge in [0.2, 0.25) is 5.95 Å². The Bertz CT molecular complexity index is 666. The first-order valence-corrected chi connectivity index (χ1v) is 7.23. The van der Waals surface area contributed by atoms with Gasteiger partial charge in [0.05, 0.1) is 11.7 Å². The molecule has 0 atom stereocenters. The monoisotopic (exact) mass is 378 g/mol. The fourth-order valence-corrected chi connectivity index (χ4v) is 2.40. The average molecular weight is 380 g/mol. The van der Waals surface area contributed by atoms with E-state index in [4.69, 9.17) is 16.3 Å². The summed E-state index contributed by atoms with van der Waals surface area (Å²) in [5.41, 5.74) is 1.15. The average Bonchev–Trinajstić information content (AvgIpc) is 3.27. The largest absolute Gasteiger partial charge is 0.490 e. The fraction of sp³-hybridized carbons (Fsp3) is 0.312. The Hall–Kier alpha value is -1.07. The molecule has 1 N–H and O–H groups in total. The van der Waals surface area contributed by atoms with Gasteiger partial charge in [-0.2, -0.15) is 4.39 Å². The van der Waals surface area contributed by atoms with Crippen LogP contribution in [0.25, 0.3) is 11.1 Å². The summed E-state index contributed by atoms with van der Waals surface area (Å²) >= 11 is 5.95. The van der Waals surface area contributed by atoms with Crippen molar-refractivity contribution in [2.24, 2.45) is 0 Å². The molecule has 0 radical (unpaired) electrons. The van der Waals surface area contributed by atoms with Gasteiger partial charge in [-0.1, -0.05) is 23.7 Å². The van der Waals surface area contributed by atoms with Gasteiger partial charge in [-0.25, -0.2) is 4.98 Å². The van der Waals surface area contributed by atoms with Gasteiger partial charge in [-0.3, -0.25) is 0 Å². The molecule has 3 rings (SSSR count). The van der Waals surface area contributed by atoms with Crippen molar-refractivity contribution in [1.82, 2.24) is 10.3 Å². The van der Waals surface area contributed by atoms with Gasteiger partial charge in [0.1, 0.15) is 12.4 Å². The van der Waals surface area contributed by atoms with E-state index < -0.39 is 5.95 Å². The molecule has 2 aromatic rings. The Morgan fingerprint density at radius 1 is 1.30 bits per heavy atom. The van der Waals surface area contributed by atoms with Gasteiger partial charge in [0.25, 0.3) is 0 Å². The topological polar surface area (TPSA) is 34.1 Å². The highest BCUT2D eigenvalue weighted by atomic mass is 35.5. The van der Waals surface area contributed by atoms with Crippen LogP contribution in [0.3, 0.4) is 0 Å². The molecule has 23 heavy (non-hydrogen) atoms. The zero-order chi connectivity index (χ0) is 14.9. The lowest BCUT2D eigenvalue weighted by molar-refractivity contribution is 0.258. The van der Waals surface area contributed by atoms with Crippen LogP contribution < -0.4 is 10.1 Å². The number of hydrogen-bond donors (Lipinski definition) is 1. The molecule has 0 aliphatic heterocycles. The summed E-state index contributed by atoms with van der Waals surface area (Å²) in [5, 5.41) is 3.81. The Labute approximate surface area is 152 Å². The van der Waals surface area contributed by atoms with E-state index in [1.807, 2.05) is 7.05 Å². The van der Waals surface area contributed by atoms with Crippen LogP contribution in [-0.2, 0) is 0 Å². The molecule has 0 unspecified atom stereocenters. The summed E-state index contributed by atoms with van der Waals surface area (Å²) < 4.78 is 19.7. The number of aromatic nitrogens is 1. The number of nitrogens with zero attached hydrogens (tertiary/aromatic N) is 1. The SMILES string of the molecule is CNC1(COc2cnc(F)c(-c3cccc(Cl)c3)c2)CC1.Cl.Cl. The summed E-state index contributed by atoms with van der Waals surface area (Å²) in [5.74, 6) is 0.0345. The lowest BCUT2D eigenvalue weighted by atomic mass is 10.1. The molecule has 1 heterocycles. The Balaban J connectivity index is 0.00000132. The molecule has 1 aliphatic carbocycles. The van der Waals surface area contributed by atoms with Crippen molar-refractivity contribution in [1.29, 1.82) is 0 Å². The van der Waals surface area contributed by atoms with Crippen LogP contribution in [0.1, 0.15) is 12.8 Å². The van der Waals surface area contributed by atoms with E-state index in [1.54, 1.807) is 30.3 Å². The highest BCUT2D eigenvalue weighted by Gasteiger charge is 2.41. The van der Waals surface area contributed by atoms with E-state index in [-0.39, 0.29) is 30.4 Å². The smallest absolute Gasteiger partial charge is 0.220 e. The highest BCUT2D eigenvalue weighted by molar-refractivity contribution is 6.30. The molecule has 1 saturated carbocycles. The van der Waals surface area contributed by atoms with E-state index >= 15 is 0 Å². The lowest BCUT2D eigenvalue weighted by Crippen LogP contribution is -2.33. The minimum atomic E-state index is -0.528. The summed E-state index contributed by atoms with van der Waals surface area (Å²) in [6.07, 6.45) is 3.60. The number of nitrogens with one attached hydrogen (secondary N) is 1. The van der Waals surface area contributed by atoms with Crippen LogP contribution >= 0.6 is 36.4 Å². The first kappa shape index (κ1) is 20.0. The number of likely N-dealkylation sites (N-methyl/N-ethyl adjacent to an activating group) is 1. The molecule has 1 aliphatic rings. The van der Waals surface area contributed by atoms with Crippen molar-refractivity contribution >= 4 is 36.4 Å². The van der Waals surface area contributed by atoms with Crippen molar-refractivity contribution < 1.29 is 9.13 Å². The molecular weight excluding hydrogens is 362 g/mol. The normalized spacial score (nSPS) is 14.4. The molecule has 3 nitrogen and oxygen atoms in total. The molecule has 0 spiro atoms. The Kier molecular flexibility index (Phi) is 7.08. The molecule has 1 aromatic carbocycles. The third-order valence-corrected chi connectivity index (χ3v) is 4.08. The van der Waals surface area contributed by atoms with Crippen LogP contribution in [0.5, 0.6) is 5.75 Å². The molecule has 126 valence electrons. The van der Waals surface area contributed by atoms with Crippen molar-refractivity contribution in [2.45, 2.75) is 18.4 Å². The summed E-state index contributed by atoms with van der Waals surface area (Å²) in [7, 11) is 1.93. The summed E-state index contributed by atoms with van der Waals surface area (Å²) in [6, 6.07) is 8.71. The second-order valence-corrected chi connectivity index (χ2v) is 5.78. The third kappa shape index (κ3) is 4.70. The van der Waals surface area contributed by atoms with E-state index in [0.717, 1.165) is 12.8 Å². The predicted octanol–water partition coefficient (Wildman–Crippen LogP) is 4.52. The molecule has 0 amide bonds. The molecule has 0 saturated heterocycles. The number of hydrogen-bond acceptors (Lipinski definition) is 3. The van der Waals surface area contributed by atoms with Crippen LogP contribution in [0.2, 0.25) is 5.02 Å². The van der Waals surface area contributed by atoms with E-state index in [0.29, 0.717) is 28.5 Å². The van der Waals surface area contributed by atoms with Crippen LogP contribution in [0.15, 0.2) is 36.5 Å². The molecule has 0 bridgehead atoms. The minimum absolute atomic E-state index is 0. The minimum Gasteiger partial charge on any atom is -0.490 e. The van der Waals surface area contributed by atoms with Crippen LogP contribution in [0.4, 0.5) is 4.39 Å². The van der Waals surface area contributed by atoms with Gasteiger partial charge < -0.3 is 10.1 Å². The maximum Gasteiger partial charge on any atom is 0.220 e. The number of rotatable bonds is 5. The van der Waals surface area contributed by atoms with Gasteiger partial charge >= 0.3 is 0 Å². The van der Waals surface area contributed by atoms with E-state index in [9.17, 15) is 4.39 Å². The molecule has 1 fully saturated rings.